The minimum atomic E-state index is -0.354. The number of benzene rings is 1. The highest BCUT2D eigenvalue weighted by molar-refractivity contribution is 5.99. The second kappa shape index (κ2) is 6.21. The fourth-order valence-corrected chi connectivity index (χ4v) is 1.73. The van der Waals surface area contributed by atoms with Crippen molar-refractivity contribution in [3.05, 3.63) is 41.7 Å². The Hall–Kier alpha value is -2.34. The summed E-state index contributed by atoms with van der Waals surface area (Å²) in [7, 11) is 1.91. The first-order valence-corrected chi connectivity index (χ1v) is 6.37. The number of hydrogen-bond acceptors (Lipinski definition) is 4. The van der Waals surface area contributed by atoms with Gasteiger partial charge < -0.3 is 15.2 Å². The van der Waals surface area contributed by atoms with Crippen molar-refractivity contribution < 1.29 is 9.32 Å². The van der Waals surface area contributed by atoms with Gasteiger partial charge in [0, 0.05) is 17.8 Å². The average Bonchev–Trinajstić information content (AvgIpc) is 2.84. The van der Waals surface area contributed by atoms with Crippen molar-refractivity contribution in [3.63, 3.8) is 0 Å². The zero-order valence-corrected chi connectivity index (χ0v) is 11.7. The van der Waals surface area contributed by atoms with E-state index in [-0.39, 0.29) is 12.1 Å². The molecule has 0 aliphatic carbocycles. The number of anilines is 2. The lowest BCUT2D eigenvalue weighted by Gasteiger charge is -2.11. The van der Waals surface area contributed by atoms with Crippen molar-refractivity contribution in [2.75, 3.05) is 17.7 Å². The fourth-order valence-electron chi connectivity index (χ4n) is 1.73. The monoisotopic (exact) mass is 274 g/mol. The zero-order valence-electron chi connectivity index (χ0n) is 11.7. The molecule has 2 amide bonds. The molecule has 1 aromatic carbocycles. The summed E-state index contributed by atoms with van der Waals surface area (Å²) in [5.41, 5.74) is 1.88. The predicted molar refractivity (Wildman–Crippen MR) is 77.8 cm³/mol. The number of carbonyl (C=O) groups excluding carboxylic acids is 1. The molecule has 0 saturated carbocycles. The highest BCUT2D eigenvalue weighted by Gasteiger charge is 2.07. The number of urea groups is 1. The summed E-state index contributed by atoms with van der Waals surface area (Å²) in [6.45, 7) is 3.83. The molecule has 1 aromatic heterocycles. The van der Waals surface area contributed by atoms with E-state index in [9.17, 15) is 4.79 Å². The first-order valence-electron chi connectivity index (χ1n) is 6.37. The molecule has 0 saturated heterocycles. The van der Waals surface area contributed by atoms with Gasteiger partial charge in [-0.2, -0.15) is 0 Å². The van der Waals surface area contributed by atoms with Crippen molar-refractivity contribution >= 4 is 17.5 Å². The van der Waals surface area contributed by atoms with Gasteiger partial charge in [0.15, 0.2) is 5.82 Å². The molecule has 1 unspecified atom stereocenters. The maximum atomic E-state index is 11.7. The van der Waals surface area contributed by atoms with Crippen molar-refractivity contribution in [2.24, 2.45) is 0 Å². The Morgan fingerprint density at radius 3 is 2.50 bits per heavy atom. The standard InChI is InChI=1S/C14H18N4O2/c1-9-8-13(18-20-9)17-14(19)16-12-6-4-11(5-7-12)10(2)15-3/h4-8,10,15H,1-3H3,(H2,16,17,18,19). The Balaban J connectivity index is 1.94. The molecule has 6 nitrogen and oxygen atoms in total. The third-order valence-corrected chi connectivity index (χ3v) is 2.97. The fraction of sp³-hybridized carbons (Fsp3) is 0.286. The summed E-state index contributed by atoms with van der Waals surface area (Å²) in [6.07, 6.45) is 0. The Morgan fingerprint density at radius 2 is 1.95 bits per heavy atom. The first-order chi connectivity index (χ1) is 9.58. The Bertz CT molecular complexity index is 577. The van der Waals surface area contributed by atoms with Gasteiger partial charge in [0.2, 0.25) is 0 Å². The lowest BCUT2D eigenvalue weighted by Crippen LogP contribution is -2.19. The highest BCUT2D eigenvalue weighted by atomic mass is 16.5. The molecule has 0 aliphatic rings. The topological polar surface area (TPSA) is 79.2 Å². The first kappa shape index (κ1) is 14.1. The van der Waals surface area contributed by atoms with Crippen LogP contribution >= 0.6 is 0 Å². The van der Waals surface area contributed by atoms with E-state index in [1.54, 1.807) is 13.0 Å². The largest absolute Gasteiger partial charge is 0.360 e. The molecule has 2 rings (SSSR count). The molecule has 0 bridgehead atoms. The van der Waals surface area contributed by atoms with E-state index >= 15 is 0 Å². The second-order valence-corrected chi connectivity index (χ2v) is 4.53. The second-order valence-electron chi connectivity index (χ2n) is 4.53. The smallest absolute Gasteiger partial charge is 0.324 e. The third-order valence-electron chi connectivity index (χ3n) is 2.97. The van der Waals surface area contributed by atoms with Gasteiger partial charge in [-0.05, 0) is 38.6 Å². The van der Waals surface area contributed by atoms with Crippen LogP contribution in [0.2, 0.25) is 0 Å². The molecule has 0 aliphatic heterocycles. The molecule has 20 heavy (non-hydrogen) atoms. The van der Waals surface area contributed by atoms with E-state index in [4.69, 9.17) is 4.52 Å². The van der Waals surface area contributed by atoms with E-state index in [0.29, 0.717) is 11.6 Å². The normalized spacial score (nSPS) is 11.9. The molecular formula is C14H18N4O2. The average molecular weight is 274 g/mol. The van der Waals surface area contributed by atoms with Crippen LogP contribution in [0.3, 0.4) is 0 Å². The zero-order chi connectivity index (χ0) is 14.5. The molecule has 106 valence electrons. The third kappa shape index (κ3) is 3.58. The van der Waals surface area contributed by atoms with Crippen molar-refractivity contribution in [2.45, 2.75) is 19.9 Å². The molecule has 3 N–H and O–H groups in total. The molecule has 1 heterocycles. The van der Waals surface area contributed by atoms with Crippen molar-refractivity contribution in [3.8, 4) is 0 Å². The van der Waals surface area contributed by atoms with Gasteiger partial charge in [0.1, 0.15) is 5.76 Å². The summed E-state index contributed by atoms with van der Waals surface area (Å²) in [6, 6.07) is 9.22. The number of aryl methyl sites for hydroxylation is 1. The lowest BCUT2D eigenvalue weighted by molar-refractivity contribution is 0.262. The van der Waals surface area contributed by atoms with Gasteiger partial charge in [0.05, 0.1) is 0 Å². The molecule has 0 radical (unpaired) electrons. The van der Waals surface area contributed by atoms with Crippen LogP contribution in [0.1, 0.15) is 24.3 Å². The van der Waals surface area contributed by atoms with E-state index in [0.717, 1.165) is 11.3 Å². The van der Waals surface area contributed by atoms with E-state index in [1.807, 2.05) is 31.3 Å². The summed E-state index contributed by atoms with van der Waals surface area (Å²) in [5.74, 6) is 1.03. The van der Waals surface area contributed by atoms with Crippen LogP contribution in [0.15, 0.2) is 34.9 Å². The van der Waals surface area contributed by atoms with Gasteiger partial charge in [0.25, 0.3) is 0 Å². The van der Waals surface area contributed by atoms with Gasteiger partial charge in [-0.3, -0.25) is 5.32 Å². The summed E-state index contributed by atoms with van der Waals surface area (Å²) in [5, 5.41) is 12.2. The van der Waals surface area contributed by atoms with E-state index in [1.165, 1.54) is 0 Å². The van der Waals surface area contributed by atoms with Crippen LogP contribution in [0.25, 0.3) is 0 Å². The number of nitrogens with zero attached hydrogens (tertiary/aromatic N) is 1. The van der Waals surface area contributed by atoms with Gasteiger partial charge in [-0.15, -0.1) is 0 Å². The number of nitrogens with one attached hydrogen (secondary N) is 3. The number of hydrogen-bond donors (Lipinski definition) is 3. The highest BCUT2D eigenvalue weighted by Crippen LogP contribution is 2.16. The number of aromatic nitrogens is 1. The van der Waals surface area contributed by atoms with Crippen LogP contribution in [0.4, 0.5) is 16.3 Å². The molecule has 0 spiro atoms. The maximum absolute atomic E-state index is 11.7. The van der Waals surface area contributed by atoms with Crippen LogP contribution in [-0.4, -0.2) is 18.2 Å². The lowest BCUT2D eigenvalue weighted by atomic mass is 10.1. The van der Waals surface area contributed by atoms with E-state index in [2.05, 4.69) is 28.0 Å². The molecule has 1 atom stereocenters. The van der Waals surface area contributed by atoms with Gasteiger partial charge in [-0.25, -0.2) is 4.79 Å². The van der Waals surface area contributed by atoms with Crippen LogP contribution in [-0.2, 0) is 0 Å². The SMILES string of the molecule is CNC(C)c1ccc(NC(=O)Nc2cc(C)on2)cc1. The molecule has 0 fully saturated rings. The van der Waals surface area contributed by atoms with Gasteiger partial charge in [-0.1, -0.05) is 17.3 Å². The minimum Gasteiger partial charge on any atom is -0.360 e. The van der Waals surface area contributed by atoms with E-state index < -0.39 is 0 Å². The summed E-state index contributed by atoms with van der Waals surface area (Å²) >= 11 is 0. The molecular weight excluding hydrogens is 256 g/mol. The Labute approximate surface area is 117 Å². The summed E-state index contributed by atoms with van der Waals surface area (Å²) in [4.78, 5) is 11.7. The maximum Gasteiger partial charge on any atom is 0.324 e. The van der Waals surface area contributed by atoms with Crippen molar-refractivity contribution in [1.82, 2.24) is 10.5 Å². The predicted octanol–water partition coefficient (Wildman–Crippen LogP) is 2.91. The Kier molecular flexibility index (Phi) is 4.37. The van der Waals surface area contributed by atoms with Crippen molar-refractivity contribution in [1.29, 1.82) is 0 Å². The quantitative estimate of drug-likeness (QED) is 0.801. The summed E-state index contributed by atoms with van der Waals surface area (Å²) < 4.78 is 4.87. The van der Waals surface area contributed by atoms with Crippen LogP contribution < -0.4 is 16.0 Å². The van der Waals surface area contributed by atoms with Crippen LogP contribution in [0, 0.1) is 6.92 Å². The Morgan fingerprint density at radius 1 is 1.25 bits per heavy atom. The van der Waals surface area contributed by atoms with Gasteiger partial charge >= 0.3 is 6.03 Å². The molecule has 2 aromatic rings. The minimum absolute atomic E-state index is 0.274. The molecule has 6 heteroatoms. The number of rotatable bonds is 4. The number of amides is 2. The van der Waals surface area contributed by atoms with Crippen LogP contribution in [0.5, 0.6) is 0 Å². The number of carbonyl (C=O) groups is 1.